The molecule has 3 amide bonds. The fourth-order valence-electron chi connectivity index (χ4n) is 1.54. The van der Waals surface area contributed by atoms with Crippen LogP contribution in [0.3, 0.4) is 0 Å². The molecule has 0 aliphatic carbocycles. The fraction of sp³-hybridized carbons (Fsp3) is 0.462. The van der Waals surface area contributed by atoms with Crippen LogP contribution in [0.15, 0.2) is 16.5 Å². The summed E-state index contributed by atoms with van der Waals surface area (Å²) in [5.74, 6) is -1.21. The molecule has 1 heterocycles. The van der Waals surface area contributed by atoms with E-state index in [2.05, 4.69) is 16.0 Å². The lowest BCUT2D eigenvalue weighted by atomic mass is 9.92. The predicted octanol–water partition coefficient (Wildman–Crippen LogP) is 0.549. The van der Waals surface area contributed by atoms with Crippen molar-refractivity contribution in [3.63, 3.8) is 0 Å². The molecule has 4 N–H and O–H groups in total. The molecule has 1 aromatic heterocycles. The molecule has 0 saturated heterocycles. The third-order valence-electron chi connectivity index (χ3n) is 2.83. The highest BCUT2D eigenvalue weighted by atomic mass is 16.4. The molecule has 0 bridgehead atoms. The molecule has 0 unspecified atom stereocenters. The van der Waals surface area contributed by atoms with E-state index in [1.165, 1.54) is 19.2 Å². The molecule has 1 aromatic rings. The molecule has 0 aliphatic heterocycles. The Balaban J connectivity index is 2.40. The van der Waals surface area contributed by atoms with Gasteiger partial charge in [0.05, 0.1) is 12.0 Å². The standard InChI is InChI=1S/C13H19N3O5/c1-13(2,11(19)14-3)7-16-12(20)15-6-8-4-5-9(21-8)10(17)18/h4-5H,6-7H2,1-3H3,(H,14,19)(H,17,18)(H2,15,16,20). The third kappa shape index (κ3) is 4.83. The van der Waals surface area contributed by atoms with Gasteiger partial charge in [-0.2, -0.15) is 0 Å². The van der Waals surface area contributed by atoms with Crippen molar-refractivity contribution >= 4 is 17.9 Å². The van der Waals surface area contributed by atoms with E-state index < -0.39 is 17.4 Å². The van der Waals surface area contributed by atoms with Gasteiger partial charge in [0.15, 0.2) is 0 Å². The zero-order valence-electron chi connectivity index (χ0n) is 12.1. The maximum absolute atomic E-state index is 11.6. The number of urea groups is 1. The summed E-state index contributed by atoms with van der Waals surface area (Å²) in [6.07, 6.45) is 0. The van der Waals surface area contributed by atoms with Gasteiger partial charge < -0.3 is 25.5 Å². The summed E-state index contributed by atoms with van der Waals surface area (Å²) in [7, 11) is 1.53. The molecule has 0 atom stereocenters. The van der Waals surface area contributed by atoms with Crippen LogP contribution in [0.1, 0.15) is 30.2 Å². The van der Waals surface area contributed by atoms with Crippen LogP contribution < -0.4 is 16.0 Å². The Morgan fingerprint density at radius 2 is 1.90 bits per heavy atom. The number of carbonyl (C=O) groups excluding carboxylic acids is 2. The van der Waals surface area contributed by atoms with Crippen LogP contribution in [-0.2, 0) is 11.3 Å². The quantitative estimate of drug-likeness (QED) is 0.611. The Hall–Kier alpha value is -2.51. The number of hydrogen-bond acceptors (Lipinski definition) is 4. The van der Waals surface area contributed by atoms with E-state index >= 15 is 0 Å². The zero-order valence-corrected chi connectivity index (χ0v) is 12.1. The summed E-state index contributed by atoms with van der Waals surface area (Å²) in [6, 6.07) is 2.31. The molecule has 0 aliphatic rings. The molecular formula is C13H19N3O5. The molecule has 0 aromatic carbocycles. The smallest absolute Gasteiger partial charge is 0.371 e. The van der Waals surface area contributed by atoms with E-state index in [0.29, 0.717) is 5.76 Å². The predicted molar refractivity (Wildman–Crippen MR) is 73.8 cm³/mol. The number of carbonyl (C=O) groups is 3. The van der Waals surface area contributed by atoms with E-state index in [9.17, 15) is 14.4 Å². The maximum Gasteiger partial charge on any atom is 0.371 e. The molecule has 0 spiro atoms. The van der Waals surface area contributed by atoms with Gasteiger partial charge in [-0.25, -0.2) is 9.59 Å². The largest absolute Gasteiger partial charge is 0.475 e. The number of rotatable bonds is 6. The van der Waals surface area contributed by atoms with Crippen molar-refractivity contribution in [3.8, 4) is 0 Å². The molecule has 21 heavy (non-hydrogen) atoms. The SMILES string of the molecule is CNC(=O)C(C)(C)CNC(=O)NCc1ccc(C(=O)O)o1. The number of amides is 3. The Bertz CT molecular complexity index is 536. The fourth-order valence-corrected chi connectivity index (χ4v) is 1.54. The van der Waals surface area contributed by atoms with Crippen molar-refractivity contribution in [2.45, 2.75) is 20.4 Å². The highest BCUT2D eigenvalue weighted by Crippen LogP contribution is 2.13. The molecule has 0 fully saturated rings. The van der Waals surface area contributed by atoms with Crippen LogP contribution in [0, 0.1) is 5.41 Å². The van der Waals surface area contributed by atoms with Crippen LogP contribution in [-0.4, -0.2) is 36.6 Å². The summed E-state index contributed by atoms with van der Waals surface area (Å²) >= 11 is 0. The van der Waals surface area contributed by atoms with Gasteiger partial charge >= 0.3 is 12.0 Å². The first-order chi connectivity index (χ1) is 9.76. The zero-order chi connectivity index (χ0) is 16.0. The van der Waals surface area contributed by atoms with Gasteiger partial charge in [-0.05, 0) is 26.0 Å². The highest BCUT2D eigenvalue weighted by Gasteiger charge is 2.26. The molecule has 1 rings (SSSR count). The Kier molecular flexibility index (Phi) is 5.34. The van der Waals surface area contributed by atoms with Crippen LogP contribution >= 0.6 is 0 Å². The summed E-state index contributed by atoms with van der Waals surface area (Å²) in [5.41, 5.74) is -0.729. The van der Waals surface area contributed by atoms with Crippen molar-refractivity contribution in [2.75, 3.05) is 13.6 Å². The second-order valence-corrected chi connectivity index (χ2v) is 5.07. The first kappa shape index (κ1) is 16.5. The monoisotopic (exact) mass is 297 g/mol. The van der Waals surface area contributed by atoms with Gasteiger partial charge in [-0.3, -0.25) is 4.79 Å². The first-order valence-electron chi connectivity index (χ1n) is 6.32. The van der Waals surface area contributed by atoms with Gasteiger partial charge in [0, 0.05) is 13.6 Å². The maximum atomic E-state index is 11.6. The summed E-state index contributed by atoms with van der Waals surface area (Å²) in [6.45, 7) is 3.63. The van der Waals surface area contributed by atoms with Gasteiger partial charge in [-0.15, -0.1) is 0 Å². The molecule has 0 saturated carbocycles. The number of carboxylic acids is 1. The number of hydrogen-bond donors (Lipinski definition) is 4. The number of furan rings is 1. The first-order valence-corrected chi connectivity index (χ1v) is 6.32. The van der Waals surface area contributed by atoms with E-state index in [4.69, 9.17) is 9.52 Å². The van der Waals surface area contributed by atoms with Gasteiger partial charge in [0.2, 0.25) is 11.7 Å². The lowest BCUT2D eigenvalue weighted by Gasteiger charge is -2.22. The van der Waals surface area contributed by atoms with Gasteiger partial charge in [0.25, 0.3) is 0 Å². The topological polar surface area (TPSA) is 121 Å². The minimum Gasteiger partial charge on any atom is -0.475 e. The highest BCUT2D eigenvalue weighted by molar-refractivity contribution is 5.84. The van der Waals surface area contributed by atoms with Crippen LogP contribution in [0.4, 0.5) is 4.79 Å². The minimum absolute atomic E-state index is 0.0551. The number of nitrogens with one attached hydrogen (secondary N) is 3. The average Bonchev–Trinajstić information content (AvgIpc) is 2.91. The Morgan fingerprint density at radius 3 is 2.43 bits per heavy atom. The third-order valence-corrected chi connectivity index (χ3v) is 2.83. The summed E-state index contributed by atoms with van der Waals surface area (Å²) in [4.78, 5) is 33.8. The average molecular weight is 297 g/mol. The van der Waals surface area contributed by atoms with E-state index in [1.54, 1.807) is 13.8 Å². The van der Waals surface area contributed by atoms with Crippen molar-refractivity contribution in [3.05, 3.63) is 23.7 Å². The number of carboxylic acid groups (broad SMARTS) is 1. The van der Waals surface area contributed by atoms with E-state index in [0.717, 1.165) is 0 Å². The second-order valence-electron chi connectivity index (χ2n) is 5.07. The van der Waals surface area contributed by atoms with Crippen LogP contribution in [0.2, 0.25) is 0 Å². The van der Waals surface area contributed by atoms with E-state index in [-0.39, 0.29) is 24.8 Å². The molecule has 8 heteroatoms. The van der Waals surface area contributed by atoms with Crippen molar-refractivity contribution in [1.29, 1.82) is 0 Å². The lowest BCUT2D eigenvalue weighted by Crippen LogP contribution is -2.46. The molecule has 0 radical (unpaired) electrons. The van der Waals surface area contributed by atoms with Gasteiger partial charge in [-0.1, -0.05) is 0 Å². The van der Waals surface area contributed by atoms with Crippen LogP contribution in [0.25, 0.3) is 0 Å². The summed E-state index contributed by atoms with van der Waals surface area (Å²) in [5, 5.41) is 16.3. The normalized spacial score (nSPS) is 10.8. The second kappa shape index (κ2) is 6.78. The van der Waals surface area contributed by atoms with E-state index in [1.807, 2.05) is 0 Å². The molecule has 8 nitrogen and oxygen atoms in total. The summed E-state index contributed by atoms with van der Waals surface area (Å²) < 4.78 is 4.99. The Morgan fingerprint density at radius 1 is 1.24 bits per heavy atom. The van der Waals surface area contributed by atoms with Crippen LogP contribution in [0.5, 0.6) is 0 Å². The lowest BCUT2D eigenvalue weighted by molar-refractivity contribution is -0.128. The van der Waals surface area contributed by atoms with Crippen molar-refractivity contribution in [2.24, 2.45) is 5.41 Å². The number of aromatic carboxylic acids is 1. The Labute approximate surface area is 121 Å². The molecular weight excluding hydrogens is 278 g/mol. The van der Waals surface area contributed by atoms with Crippen molar-refractivity contribution in [1.82, 2.24) is 16.0 Å². The van der Waals surface area contributed by atoms with Gasteiger partial charge in [0.1, 0.15) is 5.76 Å². The van der Waals surface area contributed by atoms with Crippen molar-refractivity contribution < 1.29 is 23.9 Å². The molecule has 116 valence electrons. The minimum atomic E-state index is -1.17.